The summed E-state index contributed by atoms with van der Waals surface area (Å²) >= 11 is 0. The number of esters is 1. The quantitative estimate of drug-likeness (QED) is 0.404. The number of imide groups is 1. The molecule has 7 rings (SSSR count). The highest BCUT2D eigenvalue weighted by Gasteiger charge is 2.58. The lowest BCUT2D eigenvalue weighted by atomic mass is 9.49. The Morgan fingerprint density at radius 1 is 0.921 bits per heavy atom. The summed E-state index contributed by atoms with van der Waals surface area (Å²) in [7, 11) is 1.30. The summed E-state index contributed by atoms with van der Waals surface area (Å²) in [6.45, 7) is 1.97. The van der Waals surface area contributed by atoms with Gasteiger partial charge in [-0.25, -0.2) is 9.69 Å². The second-order valence-electron chi connectivity index (χ2n) is 11.8. The van der Waals surface area contributed by atoms with Crippen LogP contribution < -0.4 is 4.90 Å². The zero-order chi connectivity index (χ0) is 26.6. The topological polar surface area (TPSA) is 84.0 Å². The number of nitrogens with zero attached hydrogens (tertiary/aromatic N) is 2. The van der Waals surface area contributed by atoms with E-state index in [2.05, 4.69) is 0 Å². The molecule has 2 atom stereocenters. The first-order valence-electron chi connectivity index (χ1n) is 13.7. The van der Waals surface area contributed by atoms with Crippen molar-refractivity contribution in [3.8, 4) is 0 Å². The third-order valence-corrected chi connectivity index (χ3v) is 9.43. The summed E-state index contributed by atoms with van der Waals surface area (Å²) in [4.78, 5) is 56.6. The molecule has 2 aromatic rings. The first-order chi connectivity index (χ1) is 18.3. The maximum atomic E-state index is 14.6. The normalized spacial score (nSPS) is 30.4. The van der Waals surface area contributed by atoms with Crippen molar-refractivity contribution in [3.05, 3.63) is 65.7 Å². The van der Waals surface area contributed by atoms with Crippen molar-refractivity contribution in [1.82, 2.24) is 4.90 Å². The van der Waals surface area contributed by atoms with E-state index >= 15 is 0 Å². The number of benzene rings is 2. The number of ether oxygens (including phenoxy) is 1. The Hall–Kier alpha value is -3.48. The van der Waals surface area contributed by atoms with E-state index in [1.165, 1.54) is 31.3 Å². The van der Waals surface area contributed by atoms with E-state index in [-0.39, 0.29) is 30.2 Å². The van der Waals surface area contributed by atoms with Gasteiger partial charge in [-0.1, -0.05) is 30.3 Å². The minimum atomic E-state index is -0.863. The minimum absolute atomic E-state index is 0.0435. The van der Waals surface area contributed by atoms with Gasteiger partial charge in [0.05, 0.1) is 36.2 Å². The highest BCUT2D eigenvalue weighted by atomic mass is 16.5. The van der Waals surface area contributed by atoms with Crippen molar-refractivity contribution < 1.29 is 23.9 Å². The molecule has 7 nitrogen and oxygen atoms in total. The number of hydrogen-bond acceptors (Lipinski definition) is 5. The Bertz CT molecular complexity index is 1240. The summed E-state index contributed by atoms with van der Waals surface area (Å²) in [5, 5.41) is 0. The van der Waals surface area contributed by atoms with Crippen LogP contribution in [0.25, 0.3) is 0 Å². The number of hydrogen-bond donors (Lipinski definition) is 0. The number of carbonyl (C=O) groups excluding carboxylic acids is 4. The lowest BCUT2D eigenvalue weighted by Gasteiger charge is -2.57. The SMILES string of the molecule is COC(=O)c1ccc(N2C(=O)CC(N(C(=O)C34CC5CC(CC(C5)C3)C4)C(C)c3ccccc3)C2=O)cc1. The number of anilines is 1. The van der Waals surface area contributed by atoms with Gasteiger partial charge >= 0.3 is 5.97 Å². The third-order valence-electron chi connectivity index (χ3n) is 9.43. The predicted octanol–water partition coefficient (Wildman–Crippen LogP) is 4.91. The fraction of sp³-hybridized carbons (Fsp3) is 0.484. The van der Waals surface area contributed by atoms with E-state index in [4.69, 9.17) is 4.74 Å². The van der Waals surface area contributed by atoms with Crippen molar-refractivity contribution in [3.63, 3.8) is 0 Å². The van der Waals surface area contributed by atoms with Crippen LogP contribution in [0.3, 0.4) is 0 Å². The number of amides is 3. The Balaban J connectivity index is 1.34. The first-order valence-corrected chi connectivity index (χ1v) is 13.7. The van der Waals surface area contributed by atoms with E-state index in [1.807, 2.05) is 37.3 Å². The monoisotopic (exact) mass is 514 g/mol. The average molecular weight is 515 g/mol. The first kappa shape index (κ1) is 24.8. The van der Waals surface area contributed by atoms with Crippen LogP contribution in [0.4, 0.5) is 5.69 Å². The largest absolute Gasteiger partial charge is 0.465 e. The van der Waals surface area contributed by atoms with Gasteiger partial charge in [0, 0.05) is 0 Å². The zero-order valence-corrected chi connectivity index (χ0v) is 22.0. The Morgan fingerprint density at radius 2 is 1.50 bits per heavy atom. The summed E-state index contributed by atoms with van der Waals surface area (Å²) in [5.41, 5.74) is 1.25. The maximum Gasteiger partial charge on any atom is 0.337 e. The summed E-state index contributed by atoms with van der Waals surface area (Å²) in [6.07, 6.45) is 6.29. The Labute approximate surface area is 223 Å². The molecule has 5 aliphatic rings. The highest BCUT2D eigenvalue weighted by molar-refractivity contribution is 6.23. The third kappa shape index (κ3) is 4.03. The number of carbonyl (C=O) groups is 4. The molecule has 4 saturated carbocycles. The Morgan fingerprint density at radius 3 is 2.05 bits per heavy atom. The Kier molecular flexibility index (Phi) is 6.12. The van der Waals surface area contributed by atoms with Crippen LogP contribution in [-0.4, -0.2) is 41.7 Å². The smallest absolute Gasteiger partial charge is 0.337 e. The molecule has 0 radical (unpaired) electrons. The van der Waals surface area contributed by atoms with Gasteiger partial charge in [-0.05, 0) is 93.0 Å². The molecule has 2 aromatic carbocycles. The number of rotatable bonds is 6. The molecule has 0 aromatic heterocycles. The van der Waals surface area contributed by atoms with Gasteiger partial charge in [0.25, 0.3) is 5.91 Å². The molecular formula is C31H34N2O5. The molecular weight excluding hydrogens is 480 g/mol. The van der Waals surface area contributed by atoms with Crippen LogP contribution >= 0.6 is 0 Å². The molecule has 0 N–H and O–H groups in total. The van der Waals surface area contributed by atoms with E-state index in [1.54, 1.807) is 29.2 Å². The summed E-state index contributed by atoms with van der Waals surface area (Å²) in [6, 6.07) is 14.8. The van der Waals surface area contributed by atoms with Gasteiger partial charge in [0.15, 0.2) is 0 Å². The zero-order valence-electron chi connectivity index (χ0n) is 22.0. The molecule has 0 spiro atoms. The molecule has 7 heteroatoms. The molecule has 1 heterocycles. The van der Waals surface area contributed by atoms with Gasteiger partial charge in [-0.3, -0.25) is 14.4 Å². The average Bonchev–Trinajstić information content (AvgIpc) is 3.21. The lowest BCUT2D eigenvalue weighted by molar-refractivity contribution is -0.164. The van der Waals surface area contributed by atoms with Crippen molar-refractivity contribution in [2.45, 2.75) is 64.0 Å². The van der Waals surface area contributed by atoms with Gasteiger partial charge in [0.1, 0.15) is 6.04 Å². The van der Waals surface area contributed by atoms with Crippen LogP contribution in [0.1, 0.15) is 73.8 Å². The maximum absolute atomic E-state index is 14.6. The van der Waals surface area contributed by atoms with E-state index < -0.39 is 17.4 Å². The van der Waals surface area contributed by atoms with Crippen LogP contribution in [0.15, 0.2) is 54.6 Å². The second kappa shape index (κ2) is 9.37. The molecule has 4 bridgehead atoms. The van der Waals surface area contributed by atoms with Gasteiger partial charge < -0.3 is 9.64 Å². The highest BCUT2D eigenvalue weighted by Crippen LogP contribution is 2.61. The molecule has 1 saturated heterocycles. The van der Waals surface area contributed by atoms with Crippen LogP contribution in [0.5, 0.6) is 0 Å². The lowest BCUT2D eigenvalue weighted by Crippen LogP contribution is -2.58. The molecule has 198 valence electrons. The molecule has 1 aliphatic heterocycles. The van der Waals surface area contributed by atoms with Crippen molar-refractivity contribution in [2.24, 2.45) is 23.2 Å². The minimum Gasteiger partial charge on any atom is -0.465 e. The molecule has 3 amide bonds. The molecule has 5 fully saturated rings. The fourth-order valence-corrected chi connectivity index (χ4v) is 8.09. The molecule has 4 aliphatic carbocycles. The van der Waals surface area contributed by atoms with E-state index in [0.29, 0.717) is 29.0 Å². The summed E-state index contributed by atoms with van der Waals surface area (Å²) < 4.78 is 4.76. The van der Waals surface area contributed by atoms with Crippen LogP contribution in [-0.2, 0) is 19.1 Å². The van der Waals surface area contributed by atoms with Gasteiger partial charge in [0.2, 0.25) is 11.8 Å². The number of methoxy groups -OCH3 is 1. The second-order valence-corrected chi connectivity index (χ2v) is 11.8. The van der Waals surface area contributed by atoms with E-state index in [9.17, 15) is 19.2 Å². The van der Waals surface area contributed by atoms with E-state index in [0.717, 1.165) is 24.8 Å². The molecule has 38 heavy (non-hydrogen) atoms. The van der Waals surface area contributed by atoms with Crippen LogP contribution in [0.2, 0.25) is 0 Å². The van der Waals surface area contributed by atoms with Crippen molar-refractivity contribution >= 4 is 29.4 Å². The van der Waals surface area contributed by atoms with Gasteiger partial charge in [-0.15, -0.1) is 0 Å². The standard InChI is InChI=1S/C31H34N2O5/c1-19(23-6-4-3-5-7-23)32(30(37)31-16-20-12-21(17-31)14-22(13-20)18-31)26-15-27(34)33(28(26)35)25-10-8-24(9-11-25)29(36)38-2/h3-11,19-22,26H,12-18H2,1-2H3. The van der Waals surface area contributed by atoms with Crippen LogP contribution in [0, 0.1) is 23.2 Å². The van der Waals surface area contributed by atoms with Gasteiger partial charge in [-0.2, -0.15) is 0 Å². The summed E-state index contributed by atoms with van der Waals surface area (Å²) in [5.74, 6) is 0.593. The predicted molar refractivity (Wildman–Crippen MR) is 141 cm³/mol. The van der Waals surface area contributed by atoms with Crippen molar-refractivity contribution in [2.75, 3.05) is 12.0 Å². The molecule has 2 unspecified atom stereocenters. The van der Waals surface area contributed by atoms with Crippen molar-refractivity contribution in [1.29, 1.82) is 0 Å². The fourth-order valence-electron chi connectivity index (χ4n) is 8.09.